The minimum atomic E-state index is -3.74. The Labute approximate surface area is 154 Å². The molecular weight excluding hydrogens is 356 g/mol. The Bertz CT molecular complexity index is 728. The lowest BCUT2D eigenvalue weighted by molar-refractivity contribution is 0.0279. The van der Waals surface area contributed by atoms with Crippen molar-refractivity contribution in [1.82, 2.24) is 0 Å². The second-order valence-electron chi connectivity index (χ2n) is 5.48. The number of hydrogen-bond acceptors (Lipinski definition) is 6. The molecular formula is C19H24O6S. The van der Waals surface area contributed by atoms with Crippen molar-refractivity contribution in [2.24, 2.45) is 0 Å². The SMILES string of the molecule is Cc1ccc(S(=O)(=O)OCCOCCOCCOc2ccccc2)cc1. The highest BCUT2D eigenvalue weighted by Crippen LogP contribution is 2.13. The summed E-state index contributed by atoms with van der Waals surface area (Å²) in [5, 5.41) is 0. The van der Waals surface area contributed by atoms with Crippen molar-refractivity contribution in [3.05, 3.63) is 60.2 Å². The zero-order chi connectivity index (χ0) is 18.7. The van der Waals surface area contributed by atoms with Gasteiger partial charge in [-0.05, 0) is 31.2 Å². The van der Waals surface area contributed by atoms with Gasteiger partial charge in [0.1, 0.15) is 12.4 Å². The van der Waals surface area contributed by atoms with Crippen molar-refractivity contribution in [2.75, 3.05) is 39.6 Å². The van der Waals surface area contributed by atoms with Gasteiger partial charge in [0.05, 0.1) is 37.9 Å². The van der Waals surface area contributed by atoms with Gasteiger partial charge in [0.15, 0.2) is 0 Å². The second-order valence-corrected chi connectivity index (χ2v) is 7.09. The lowest BCUT2D eigenvalue weighted by atomic mass is 10.2. The fourth-order valence-electron chi connectivity index (χ4n) is 2.03. The smallest absolute Gasteiger partial charge is 0.297 e. The Morgan fingerprint density at radius 1 is 0.731 bits per heavy atom. The van der Waals surface area contributed by atoms with Crippen molar-refractivity contribution in [1.29, 1.82) is 0 Å². The molecule has 0 bridgehead atoms. The third kappa shape index (κ3) is 7.53. The average Bonchev–Trinajstić information content (AvgIpc) is 2.64. The van der Waals surface area contributed by atoms with Crippen LogP contribution in [0.3, 0.4) is 0 Å². The van der Waals surface area contributed by atoms with E-state index in [-0.39, 0.29) is 18.1 Å². The molecule has 0 saturated carbocycles. The van der Waals surface area contributed by atoms with E-state index in [9.17, 15) is 8.42 Å². The predicted octanol–water partition coefficient (Wildman–Crippen LogP) is 2.81. The summed E-state index contributed by atoms with van der Waals surface area (Å²) in [6.07, 6.45) is 0. The normalized spacial score (nSPS) is 11.4. The van der Waals surface area contributed by atoms with Crippen molar-refractivity contribution in [3.63, 3.8) is 0 Å². The molecule has 2 aromatic rings. The van der Waals surface area contributed by atoms with E-state index in [1.54, 1.807) is 12.1 Å². The summed E-state index contributed by atoms with van der Waals surface area (Å²) in [6, 6.07) is 16.0. The molecule has 0 aliphatic carbocycles. The summed E-state index contributed by atoms with van der Waals surface area (Å²) in [7, 11) is -3.74. The van der Waals surface area contributed by atoms with Crippen LogP contribution < -0.4 is 4.74 Å². The van der Waals surface area contributed by atoms with Crippen LogP contribution in [-0.2, 0) is 23.8 Å². The Hall–Kier alpha value is -1.93. The highest BCUT2D eigenvalue weighted by atomic mass is 32.2. The molecule has 142 valence electrons. The van der Waals surface area contributed by atoms with Gasteiger partial charge in [-0.25, -0.2) is 0 Å². The molecule has 0 saturated heterocycles. The zero-order valence-corrected chi connectivity index (χ0v) is 15.6. The minimum Gasteiger partial charge on any atom is -0.491 e. The highest BCUT2D eigenvalue weighted by Gasteiger charge is 2.14. The standard InChI is InChI=1S/C19H24O6S/c1-17-7-9-19(10-8-17)26(20,21)25-16-14-23-12-11-22-13-15-24-18-5-3-2-4-6-18/h2-10H,11-16H2,1H3. The summed E-state index contributed by atoms with van der Waals surface area (Å²) < 4.78 is 45.0. The van der Waals surface area contributed by atoms with Crippen LogP contribution in [0, 0.1) is 6.92 Å². The molecule has 2 aromatic carbocycles. The Kier molecular flexibility index (Phi) is 8.57. The van der Waals surface area contributed by atoms with E-state index in [4.69, 9.17) is 18.4 Å². The van der Waals surface area contributed by atoms with E-state index in [1.807, 2.05) is 37.3 Å². The molecule has 0 radical (unpaired) electrons. The van der Waals surface area contributed by atoms with Gasteiger partial charge >= 0.3 is 0 Å². The van der Waals surface area contributed by atoms with E-state index in [2.05, 4.69) is 0 Å². The number of benzene rings is 2. The van der Waals surface area contributed by atoms with E-state index in [1.165, 1.54) is 12.1 Å². The fourth-order valence-corrected chi connectivity index (χ4v) is 2.93. The summed E-state index contributed by atoms with van der Waals surface area (Å²) in [4.78, 5) is 0.143. The van der Waals surface area contributed by atoms with Crippen LogP contribution in [-0.4, -0.2) is 48.1 Å². The van der Waals surface area contributed by atoms with Crippen molar-refractivity contribution in [3.8, 4) is 5.75 Å². The van der Waals surface area contributed by atoms with Gasteiger partial charge in [0.25, 0.3) is 10.1 Å². The zero-order valence-electron chi connectivity index (χ0n) is 14.8. The molecule has 0 unspecified atom stereocenters. The lowest BCUT2D eigenvalue weighted by Crippen LogP contribution is -2.14. The Morgan fingerprint density at radius 3 is 1.96 bits per heavy atom. The highest BCUT2D eigenvalue weighted by molar-refractivity contribution is 7.86. The quantitative estimate of drug-likeness (QED) is 0.417. The van der Waals surface area contributed by atoms with Gasteiger partial charge in [-0.15, -0.1) is 0 Å². The molecule has 0 N–H and O–H groups in total. The van der Waals surface area contributed by atoms with Crippen molar-refractivity contribution < 1.29 is 26.8 Å². The first-order valence-corrected chi connectivity index (χ1v) is 9.78. The Balaban J connectivity index is 1.48. The number of ether oxygens (including phenoxy) is 3. The van der Waals surface area contributed by atoms with Gasteiger partial charge < -0.3 is 14.2 Å². The largest absolute Gasteiger partial charge is 0.491 e. The summed E-state index contributed by atoms with van der Waals surface area (Å²) in [5.74, 6) is 0.805. The topological polar surface area (TPSA) is 71.1 Å². The lowest BCUT2D eigenvalue weighted by Gasteiger charge is -2.08. The minimum absolute atomic E-state index is 0.0344. The van der Waals surface area contributed by atoms with E-state index in [0.29, 0.717) is 26.4 Å². The van der Waals surface area contributed by atoms with Crippen LogP contribution in [0.5, 0.6) is 5.75 Å². The molecule has 0 heterocycles. The maximum Gasteiger partial charge on any atom is 0.297 e. The third-order valence-electron chi connectivity index (χ3n) is 3.39. The summed E-state index contributed by atoms with van der Waals surface area (Å²) >= 11 is 0. The van der Waals surface area contributed by atoms with Gasteiger partial charge in [0, 0.05) is 0 Å². The summed E-state index contributed by atoms with van der Waals surface area (Å²) in [6.45, 7) is 3.71. The van der Waals surface area contributed by atoms with Gasteiger partial charge in [-0.3, -0.25) is 4.18 Å². The van der Waals surface area contributed by atoms with Gasteiger partial charge in [-0.2, -0.15) is 8.42 Å². The van der Waals surface area contributed by atoms with E-state index in [0.717, 1.165) is 11.3 Å². The molecule has 0 fully saturated rings. The fraction of sp³-hybridized carbons (Fsp3) is 0.368. The Morgan fingerprint density at radius 2 is 1.31 bits per heavy atom. The monoisotopic (exact) mass is 380 g/mol. The molecule has 6 nitrogen and oxygen atoms in total. The van der Waals surface area contributed by atoms with E-state index >= 15 is 0 Å². The van der Waals surface area contributed by atoms with Crippen LogP contribution >= 0.6 is 0 Å². The first-order chi connectivity index (χ1) is 12.6. The van der Waals surface area contributed by atoms with Gasteiger partial charge in [0.2, 0.25) is 0 Å². The predicted molar refractivity (Wildman–Crippen MR) is 97.9 cm³/mol. The molecule has 7 heteroatoms. The number of hydrogen-bond donors (Lipinski definition) is 0. The average molecular weight is 380 g/mol. The van der Waals surface area contributed by atoms with Crippen LogP contribution in [0.4, 0.5) is 0 Å². The maximum atomic E-state index is 12.0. The molecule has 2 rings (SSSR count). The van der Waals surface area contributed by atoms with Crippen molar-refractivity contribution in [2.45, 2.75) is 11.8 Å². The van der Waals surface area contributed by atoms with Crippen LogP contribution in [0.15, 0.2) is 59.5 Å². The molecule has 0 spiro atoms. The molecule has 0 aliphatic heterocycles. The van der Waals surface area contributed by atoms with Crippen LogP contribution in [0.2, 0.25) is 0 Å². The van der Waals surface area contributed by atoms with Crippen LogP contribution in [0.1, 0.15) is 5.56 Å². The molecule has 26 heavy (non-hydrogen) atoms. The molecule has 0 amide bonds. The first kappa shape index (κ1) is 20.4. The number of rotatable bonds is 12. The van der Waals surface area contributed by atoms with Crippen LogP contribution in [0.25, 0.3) is 0 Å². The second kappa shape index (κ2) is 10.9. The van der Waals surface area contributed by atoms with E-state index < -0.39 is 10.1 Å². The van der Waals surface area contributed by atoms with Gasteiger partial charge in [-0.1, -0.05) is 35.9 Å². The number of aryl methyl sites for hydroxylation is 1. The third-order valence-corrected chi connectivity index (χ3v) is 4.71. The molecule has 0 atom stereocenters. The summed E-state index contributed by atoms with van der Waals surface area (Å²) in [5.41, 5.74) is 0.987. The molecule has 0 aliphatic rings. The number of para-hydroxylation sites is 1. The maximum absolute atomic E-state index is 12.0. The first-order valence-electron chi connectivity index (χ1n) is 8.37. The van der Waals surface area contributed by atoms with Crippen molar-refractivity contribution >= 4 is 10.1 Å². The molecule has 0 aromatic heterocycles.